The number of carbonyl (C=O) groups is 2. The van der Waals surface area contributed by atoms with E-state index in [9.17, 15) is 37.9 Å². The topological polar surface area (TPSA) is 186 Å². The quantitative estimate of drug-likeness (QED) is 0.0258. The van der Waals surface area contributed by atoms with Gasteiger partial charge in [0.1, 0.15) is 36.8 Å². The van der Waals surface area contributed by atoms with Crippen LogP contribution in [0.4, 0.5) is 0 Å². The van der Waals surface area contributed by atoms with Crippen LogP contribution in [-0.2, 0) is 38.7 Å². The van der Waals surface area contributed by atoms with Gasteiger partial charge in [0.2, 0.25) is 0 Å². The van der Waals surface area contributed by atoms with E-state index in [1.165, 1.54) is 167 Å². The van der Waals surface area contributed by atoms with Gasteiger partial charge in [-0.1, -0.05) is 219 Å². The van der Waals surface area contributed by atoms with Crippen LogP contribution in [0.25, 0.3) is 0 Å². The molecule has 1 aliphatic rings. The largest absolute Gasteiger partial charge is 0.462 e. The van der Waals surface area contributed by atoms with Crippen LogP contribution in [0.5, 0.6) is 0 Å². The minimum absolute atomic E-state index is 0.173. The number of hydrogen-bond acceptors (Lipinski definition) is 11. The lowest BCUT2D eigenvalue weighted by atomic mass is 10.00. The molecule has 6 unspecified atom stereocenters. The third-order valence-electron chi connectivity index (χ3n) is 12.2. The first kappa shape index (κ1) is 58.7. The summed E-state index contributed by atoms with van der Waals surface area (Å²) in [5.74, 6) is -1.96. The minimum atomic E-state index is -4.60. The van der Waals surface area contributed by atoms with Crippen molar-refractivity contribution in [1.82, 2.24) is 0 Å². The van der Waals surface area contributed by atoms with Gasteiger partial charge in [0, 0.05) is 12.8 Å². The number of unbranched alkanes of at least 4 members (excludes halogenated alkanes) is 32. The molecule has 62 heavy (non-hydrogen) atoms. The highest BCUT2D eigenvalue weighted by Crippen LogP contribution is 2.24. The molecule has 0 radical (unpaired) electrons. The van der Waals surface area contributed by atoms with E-state index in [1.54, 1.807) is 0 Å². The number of aliphatic hydroxyl groups is 3. The van der Waals surface area contributed by atoms with E-state index in [-0.39, 0.29) is 19.4 Å². The summed E-state index contributed by atoms with van der Waals surface area (Å²) in [6.07, 6.45) is 32.8. The van der Waals surface area contributed by atoms with Gasteiger partial charge in [-0.25, -0.2) is 0 Å². The van der Waals surface area contributed by atoms with E-state index < -0.39 is 71.2 Å². The lowest BCUT2D eigenvalue weighted by Gasteiger charge is -2.40. The molecule has 368 valence electrons. The Morgan fingerprint density at radius 3 is 1.18 bits per heavy atom. The molecule has 1 fully saturated rings. The first-order chi connectivity index (χ1) is 30.0. The summed E-state index contributed by atoms with van der Waals surface area (Å²) in [7, 11) is -4.60. The molecule has 12 nitrogen and oxygen atoms in total. The van der Waals surface area contributed by atoms with Gasteiger partial charge < -0.3 is 34.3 Å². The van der Waals surface area contributed by atoms with Crippen molar-refractivity contribution in [3.8, 4) is 0 Å². The fourth-order valence-corrected chi connectivity index (χ4v) is 8.90. The summed E-state index contributed by atoms with van der Waals surface area (Å²) < 4.78 is 54.2. The highest BCUT2D eigenvalue weighted by Gasteiger charge is 2.46. The van der Waals surface area contributed by atoms with Gasteiger partial charge in [-0.05, 0) is 12.8 Å². The van der Waals surface area contributed by atoms with Gasteiger partial charge >= 0.3 is 11.9 Å². The van der Waals surface area contributed by atoms with E-state index in [1.807, 2.05) is 0 Å². The fourth-order valence-electron chi connectivity index (χ4n) is 8.21. The lowest BCUT2D eigenvalue weighted by molar-refractivity contribution is -0.297. The van der Waals surface area contributed by atoms with Gasteiger partial charge in [0.05, 0.1) is 6.61 Å². The third-order valence-corrected chi connectivity index (χ3v) is 12.9. The summed E-state index contributed by atoms with van der Waals surface area (Å²) in [6.45, 7) is 3.81. The number of esters is 2. The number of rotatable bonds is 44. The predicted molar refractivity (Wildman–Crippen MR) is 247 cm³/mol. The Hall–Kier alpha value is -1.35. The van der Waals surface area contributed by atoms with Crippen molar-refractivity contribution in [2.24, 2.45) is 0 Å². The first-order valence-corrected chi connectivity index (χ1v) is 27.2. The van der Waals surface area contributed by atoms with Crippen LogP contribution >= 0.6 is 0 Å². The summed E-state index contributed by atoms with van der Waals surface area (Å²) in [5.41, 5.74) is 0. The molecule has 0 saturated carbocycles. The van der Waals surface area contributed by atoms with E-state index in [4.69, 9.17) is 18.9 Å². The van der Waals surface area contributed by atoms with Crippen LogP contribution in [0.2, 0.25) is 0 Å². The van der Waals surface area contributed by atoms with Crippen molar-refractivity contribution < 1.29 is 56.8 Å². The molecule has 13 heteroatoms. The summed E-state index contributed by atoms with van der Waals surface area (Å²) in [5, 5.41) is 31.0. The molecule has 0 aromatic carbocycles. The highest BCUT2D eigenvalue weighted by molar-refractivity contribution is 7.85. The molecule has 0 amide bonds. The Bertz CT molecular complexity index is 1150. The Kier molecular flexibility index (Phi) is 37.8. The molecule has 1 aliphatic heterocycles. The molecule has 0 aliphatic carbocycles. The van der Waals surface area contributed by atoms with Gasteiger partial charge in [0.15, 0.2) is 12.4 Å². The second-order valence-electron chi connectivity index (χ2n) is 18.2. The van der Waals surface area contributed by atoms with Crippen LogP contribution in [-0.4, -0.2) is 96.0 Å². The Balaban J connectivity index is 2.36. The second kappa shape index (κ2) is 40.0. The normalized spacial score (nSPS) is 19.7. The maximum atomic E-state index is 12.9. The van der Waals surface area contributed by atoms with Gasteiger partial charge in [-0.3, -0.25) is 14.1 Å². The van der Waals surface area contributed by atoms with Crippen molar-refractivity contribution in [3.63, 3.8) is 0 Å². The Morgan fingerprint density at radius 1 is 0.484 bits per heavy atom. The lowest BCUT2D eigenvalue weighted by Crippen LogP contribution is -2.60. The van der Waals surface area contributed by atoms with Crippen molar-refractivity contribution in [2.45, 2.75) is 282 Å². The molecule has 0 spiro atoms. The van der Waals surface area contributed by atoms with E-state index in [0.29, 0.717) is 12.8 Å². The number of aliphatic hydroxyl groups excluding tert-OH is 3. The van der Waals surface area contributed by atoms with E-state index >= 15 is 0 Å². The molecule has 1 saturated heterocycles. The molecular formula is C49H94O12S. The van der Waals surface area contributed by atoms with Crippen molar-refractivity contribution in [2.75, 3.05) is 19.0 Å². The predicted octanol–water partition coefficient (Wildman–Crippen LogP) is 11.2. The molecule has 0 aromatic rings. The van der Waals surface area contributed by atoms with Crippen molar-refractivity contribution in [3.05, 3.63) is 0 Å². The molecular weight excluding hydrogens is 813 g/mol. The molecule has 0 aromatic heterocycles. The SMILES string of the molecule is CCCCCCCCCCCCCCCCCCCCC(=O)OC(COC(=O)CCCCCCCCCCCCCCCCCC)COC1OC(CS(=O)(=O)O)C(O)C(O)C1O. The Morgan fingerprint density at radius 2 is 0.823 bits per heavy atom. The fraction of sp³-hybridized carbons (Fsp3) is 0.959. The highest BCUT2D eigenvalue weighted by atomic mass is 32.2. The van der Waals surface area contributed by atoms with E-state index in [0.717, 1.165) is 38.5 Å². The zero-order valence-electron chi connectivity index (χ0n) is 39.5. The monoisotopic (exact) mass is 907 g/mol. The molecule has 1 heterocycles. The number of hydrogen-bond donors (Lipinski definition) is 4. The smallest absolute Gasteiger partial charge is 0.306 e. The summed E-state index contributed by atoms with van der Waals surface area (Å²) >= 11 is 0. The standard InChI is InChI=1S/C49H94O12S/c1-3-5-7-9-11-13-15-17-19-21-22-24-26-28-30-32-34-36-38-45(51)60-42(40-59-49-48(54)47(53)46(52)43(61-49)41-62(55,56)57)39-58-44(50)37-35-33-31-29-27-25-23-20-18-16-14-12-10-8-6-4-2/h42-43,46-49,52-54H,3-41H2,1-2H3,(H,55,56,57). The molecule has 6 atom stereocenters. The maximum absolute atomic E-state index is 12.9. The zero-order valence-corrected chi connectivity index (χ0v) is 40.3. The van der Waals surface area contributed by atoms with Crippen molar-refractivity contribution in [1.29, 1.82) is 0 Å². The average Bonchev–Trinajstić information content (AvgIpc) is 3.24. The van der Waals surface area contributed by atoms with Crippen LogP contribution in [0.3, 0.4) is 0 Å². The van der Waals surface area contributed by atoms with E-state index in [2.05, 4.69) is 13.8 Å². The molecule has 4 N–H and O–H groups in total. The average molecular weight is 907 g/mol. The molecule has 1 rings (SSSR count). The van der Waals surface area contributed by atoms with Crippen LogP contribution in [0.1, 0.15) is 245 Å². The van der Waals surface area contributed by atoms with Crippen LogP contribution < -0.4 is 0 Å². The zero-order chi connectivity index (χ0) is 45.5. The second-order valence-corrected chi connectivity index (χ2v) is 19.7. The third kappa shape index (κ3) is 34.1. The van der Waals surface area contributed by atoms with Crippen LogP contribution in [0.15, 0.2) is 0 Å². The van der Waals surface area contributed by atoms with Gasteiger partial charge in [-0.2, -0.15) is 8.42 Å². The van der Waals surface area contributed by atoms with Gasteiger partial charge in [0.25, 0.3) is 10.1 Å². The summed E-state index contributed by atoms with van der Waals surface area (Å²) in [6, 6.07) is 0. The molecule has 0 bridgehead atoms. The number of carbonyl (C=O) groups excluding carboxylic acids is 2. The van der Waals surface area contributed by atoms with Gasteiger partial charge in [-0.15, -0.1) is 0 Å². The van der Waals surface area contributed by atoms with Crippen molar-refractivity contribution >= 4 is 22.1 Å². The van der Waals surface area contributed by atoms with Crippen LogP contribution in [0, 0.1) is 0 Å². The number of ether oxygens (including phenoxy) is 4. The minimum Gasteiger partial charge on any atom is -0.462 e. The Labute approximate surface area is 378 Å². The summed E-state index contributed by atoms with van der Waals surface area (Å²) in [4.78, 5) is 25.5. The first-order valence-electron chi connectivity index (χ1n) is 25.6. The maximum Gasteiger partial charge on any atom is 0.306 e.